The van der Waals surface area contributed by atoms with Crippen molar-refractivity contribution in [3.63, 3.8) is 0 Å². The van der Waals surface area contributed by atoms with E-state index in [-0.39, 0.29) is 52.8 Å². The fraction of sp³-hybridized carbons (Fsp3) is 0.250. The van der Waals surface area contributed by atoms with Gasteiger partial charge in [-0.1, -0.05) is 6.08 Å². The van der Waals surface area contributed by atoms with Crippen molar-refractivity contribution in [2.24, 2.45) is 4.99 Å². The van der Waals surface area contributed by atoms with Crippen LogP contribution in [0, 0.1) is 0 Å². The average Bonchev–Trinajstić information content (AvgIpc) is 1.76. The summed E-state index contributed by atoms with van der Waals surface area (Å²) in [4.78, 5) is 3.78. The van der Waals surface area contributed by atoms with Crippen molar-refractivity contribution >= 4 is 6.21 Å². The van der Waals surface area contributed by atoms with E-state index in [1.165, 1.54) is 0 Å². The van der Waals surface area contributed by atoms with E-state index in [9.17, 15) is 0 Å². The van der Waals surface area contributed by atoms with E-state index in [0.717, 1.165) is 6.42 Å². The van der Waals surface area contributed by atoms with Crippen LogP contribution in [-0.4, -0.2) is 6.21 Å². The van der Waals surface area contributed by atoms with E-state index in [4.69, 9.17) is 0 Å². The first-order chi connectivity index (χ1) is 2.50. The number of allylic oxidation sites excluding steroid dienone is 1. The molecule has 0 bridgehead atoms. The van der Waals surface area contributed by atoms with Crippen LogP contribution in [0.5, 0.6) is 0 Å². The fourth-order valence-corrected chi connectivity index (χ4v) is 0.304. The monoisotopic (exact) mass is 107 g/mol. The number of aliphatic imine (C=N–C) groups is 1. The average molecular weight is 107 g/mol. The maximum atomic E-state index is 3.78. The zero-order valence-corrected chi connectivity index (χ0v) is 7.01. The first kappa shape index (κ1) is 7.05. The maximum absolute atomic E-state index is 3.78. The zero-order valence-electron chi connectivity index (χ0n) is 4.89. The fourth-order valence-electron chi connectivity index (χ4n) is 0.304. The Morgan fingerprint density at radius 3 is 2.67 bits per heavy atom. The van der Waals surface area contributed by atoms with Crippen LogP contribution in [0.15, 0.2) is 17.3 Å². The largest absolute Gasteiger partial charge is 1.00 e. The normalized spacial score (nSPS) is 14.7. The smallest absolute Gasteiger partial charge is 1.00 e. The molecule has 6 heavy (non-hydrogen) atoms. The van der Waals surface area contributed by atoms with Crippen LogP contribution in [0.2, 0.25) is 0 Å². The molecule has 28 valence electrons. The van der Waals surface area contributed by atoms with Gasteiger partial charge in [-0.05, 0) is 0 Å². The summed E-state index contributed by atoms with van der Waals surface area (Å²) in [7, 11) is 0. The van der Waals surface area contributed by atoms with Crippen LogP contribution >= 0.6 is 0 Å². The van der Waals surface area contributed by atoms with E-state index >= 15 is 0 Å². The molecule has 1 nitrogen and oxygen atoms in total. The summed E-state index contributed by atoms with van der Waals surface area (Å²) in [5, 5.41) is 0. The van der Waals surface area contributed by atoms with Gasteiger partial charge >= 0.3 is 51.4 Å². The third kappa shape index (κ3) is 2.26. The van der Waals surface area contributed by atoms with Crippen LogP contribution < -0.4 is 51.4 Å². The Kier molecular flexibility index (Phi) is 4.95. The van der Waals surface area contributed by atoms with Crippen LogP contribution in [0.25, 0.3) is 0 Å². The van der Waals surface area contributed by atoms with Gasteiger partial charge in [0.25, 0.3) is 0 Å². The van der Waals surface area contributed by atoms with Crippen LogP contribution in [-0.2, 0) is 0 Å². The van der Waals surface area contributed by atoms with Gasteiger partial charge in [0.05, 0.1) is 0 Å². The van der Waals surface area contributed by atoms with Crippen molar-refractivity contribution in [2.75, 3.05) is 0 Å². The molecule has 0 aromatic carbocycles. The topological polar surface area (TPSA) is 12.4 Å². The molecular formula is C4H6KN. The summed E-state index contributed by atoms with van der Waals surface area (Å²) < 4.78 is 0. The maximum Gasteiger partial charge on any atom is 1.00 e. The second kappa shape index (κ2) is 4.21. The minimum absolute atomic E-state index is 0. The molecule has 0 N–H and O–H groups in total. The van der Waals surface area contributed by atoms with E-state index in [1.807, 2.05) is 12.3 Å². The van der Waals surface area contributed by atoms with Crippen LogP contribution in [0.3, 0.4) is 0 Å². The molecule has 1 rings (SSSR count). The van der Waals surface area contributed by atoms with E-state index < -0.39 is 0 Å². The molecule has 0 atom stereocenters. The van der Waals surface area contributed by atoms with Crippen molar-refractivity contribution in [3.8, 4) is 0 Å². The summed E-state index contributed by atoms with van der Waals surface area (Å²) in [6.45, 7) is 0. The molecule has 0 aliphatic carbocycles. The second-order valence-corrected chi connectivity index (χ2v) is 0.952. The minimum Gasteiger partial charge on any atom is -1.00 e. The van der Waals surface area contributed by atoms with Gasteiger partial charge in [0.1, 0.15) is 0 Å². The summed E-state index contributed by atoms with van der Waals surface area (Å²) in [6, 6.07) is 0. The van der Waals surface area contributed by atoms with Crippen molar-refractivity contribution in [1.82, 2.24) is 0 Å². The van der Waals surface area contributed by atoms with Crippen molar-refractivity contribution in [2.45, 2.75) is 6.42 Å². The van der Waals surface area contributed by atoms with Crippen LogP contribution in [0.1, 0.15) is 7.85 Å². The van der Waals surface area contributed by atoms with E-state index in [2.05, 4.69) is 4.99 Å². The quantitative estimate of drug-likeness (QED) is 0.320. The SMILES string of the molecule is C1=CN=CC1.[H-].[K+]. The number of nitrogens with zero attached hydrogens (tertiary/aromatic N) is 1. The zero-order chi connectivity index (χ0) is 3.54. The molecular weight excluding hydrogens is 101 g/mol. The van der Waals surface area contributed by atoms with Crippen molar-refractivity contribution in [1.29, 1.82) is 0 Å². The first-order valence-corrected chi connectivity index (χ1v) is 1.67. The summed E-state index contributed by atoms with van der Waals surface area (Å²) in [5.74, 6) is 0. The van der Waals surface area contributed by atoms with Crippen molar-refractivity contribution < 1.29 is 52.8 Å². The summed E-state index contributed by atoms with van der Waals surface area (Å²) in [6.07, 6.45) is 6.72. The molecule has 0 radical (unpaired) electrons. The summed E-state index contributed by atoms with van der Waals surface area (Å²) in [5.41, 5.74) is 0. The van der Waals surface area contributed by atoms with Crippen LogP contribution in [0.4, 0.5) is 0 Å². The molecule has 2 heteroatoms. The van der Waals surface area contributed by atoms with Gasteiger partial charge < -0.3 is 1.43 Å². The molecule has 0 saturated heterocycles. The third-order valence-electron chi connectivity index (χ3n) is 0.538. The van der Waals surface area contributed by atoms with Gasteiger partial charge in [0.2, 0.25) is 0 Å². The van der Waals surface area contributed by atoms with Crippen molar-refractivity contribution in [3.05, 3.63) is 12.3 Å². The summed E-state index contributed by atoms with van der Waals surface area (Å²) >= 11 is 0. The Labute approximate surface area is 81.4 Å². The minimum atomic E-state index is 0. The van der Waals surface area contributed by atoms with E-state index in [0.29, 0.717) is 0 Å². The number of rotatable bonds is 0. The Morgan fingerprint density at radius 2 is 2.50 bits per heavy atom. The molecule has 0 aromatic heterocycles. The third-order valence-corrected chi connectivity index (χ3v) is 0.538. The number of hydrogen-bond donors (Lipinski definition) is 0. The van der Waals surface area contributed by atoms with Gasteiger partial charge in [-0.3, -0.25) is 4.99 Å². The standard InChI is InChI=1S/C4H5N.K.H/c1-2-4-5-3-1;;/h1,3-4H,2H2;;/q;+1;-1. The van der Waals surface area contributed by atoms with Gasteiger partial charge in [-0.15, -0.1) is 0 Å². The molecule has 0 fully saturated rings. The predicted octanol–water partition coefficient (Wildman–Crippen LogP) is -1.91. The molecule has 0 amide bonds. The Morgan fingerprint density at radius 1 is 1.67 bits per heavy atom. The molecule has 0 aromatic rings. The molecule has 0 unspecified atom stereocenters. The molecule has 1 heterocycles. The number of hydrogen-bond acceptors (Lipinski definition) is 1. The predicted molar refractivity (Wildman–Crippen MR) is 23.4 cm³/mol. The molecule has 0 saturated carbocycles. The van der Waals surface area contributed by atoms with E-state index in [1.54, 1.807) is 6.20 Å². The van der Waals surface area contributed by atoms with Gasteiger partial charge in [-0.2, -0.15) is 0 Å². The Hall–Kier alpha value is 1.05. The van der Waals surface area contributed by atoms with Gasteiger partial charge in [0.15, 0.2) is 0 Å². The van der Waals surface area contributed by atoms with Gasteiger partial charge in [0, 0.05) is 18.8 Å². The Balaban J connectivity index is 0. The first-order valence-electron chi connectivity index (χ1n) is 1.67. The second-order valence-electron chi connectivity index (χ2n) is 0.952. The molecule has 1 aliphatic rings. The Bertz CT molecular complexity index is 69.8. The van der Waals surface area contributed by atoms with Gasteiger partial charge in [-0.25, -0.2) is 0 Å². The molecule has 0 spiro atoms. The molecule has 1 aliphatic heterocycles.